The van der Waals surface area contributed by atoms with Gasteiger partial charge in [0.05, 0.1) is 17.7 Å². The van der Waals surface area contributed by atoms with E-state index in [9.17, 15) is 19.8 Å². The topological polar surface area (TPSA) is 77.8 Å². The number of hydrogen-bond donors (Lipinski definition) is 2. The van der Waals surface area contributed by atoms with Gasteiger partial charge in [-0.1, -0.05) is 61.0 Å². The number of aliphatic hydroxyl groups is 2. The Morgan fingerprint density at radius 1 is 1.07 bits per heavy atom. The number of nitrogens with zero attached hydrogens (tertiary/aromatic N) is 1. The van der Waals surface area contributed by atoms with Gasteiger partial charge < -0.3 is 15.1 Å². The third kappa shape index (κ3) is 3.71. The van der Waals surface area contributed by atoms with Crippen molar-refractivity contribution in [3.63, 3.8) is 0 Å². The third-order valence-electron chi connectivity index (χ3n) is 5.03. The number of aryl methyl sites for hydroxylation is 2. The van der Waals surface area contributed by atoms with Crippen molar-refractivity contribution in [2.45, 2.75) is 39.3 Å². The molecule has 1 aliphatic rings. The number of amides is 1. The van der Waals surface area contributed by atoms with Crippen LogP contribution in [0.15, 0.2) is 54.1 Å². The molecule has 1 amide bonds. The van der Waals surface area contributed by atoms with Crippen LogP contribution in [0, 0.1) is 6.92 Å². The monoisotopic (exact) mass is 379 g/mol. The molecule has 0 bridgehead atoms. The van der Waals surface area contributed by atoms with Gasteiger partial charge in [0, 0.05) is 12.1 Å². The maximum atomic E-state index is 12.8. The van der Waals surface area contributed by atoms with Gasteiger partial charge in [0.15, 0.2) is 0 Å². The Morgan fingerprint density at radius 3 is 2.21 bits per heavy atom. The van der Waals surface area contributed by atoms with Crippen molar-refractivity contribution in [3.05, 3.63) is 76.4 Å². The first-order valence-corrected chi connectivity index (χ1v) is 9.45. The Kier molecular flexibility index (Phi) is 5.66. The third-order valence-corrected chi connectivity index (χ3v) is 5.03. The zero-order valence-corrected chi connectivity index (χ0v) is 16.3. The molecule has 0 aromatic heterocycles. The van der Waals surface area contributed by atoms with Crippen LogP contribution in [0.1, 0.15) is 42.1 Å². The summed E-state index contributed by atoms with van der Waals surface area (Å²) in [5, 5.41) is 20.8. The van der Waals surface area contributed by atoms with Gasteiger partial charge >= 0.3 is 0 Å². The van der Waals surface area contributed by atoms with Crippen LogP contribution in [0.5, 0.6) is 0 Å². The Labute approximate surface area is 164 Å². The highest BCUT2D eigenvalue weighted by Crippen LogP contribution is 2.39. The molecule has 5 heteroatoms. The molecule has 2 unspecified atom stereocenters. The fourth-order valence-electron chi connectivity index (χ4n) is 3.50. The second kappa shape index (κ2) is 7.98. The van der Waals surface area contributed by atoms with Crippen LogP contribution in [0.4, 0.5) is 0 Å². The zero-order valence-electron chi connectivity index (χ0n) is 16.3. The highest BCUT2D eigenvalue weighted by Gasteiger charge is 2.46. The molecule has 28 heavy (non-hydrogen) atoms. The van der Waals surface area contributed by atoms with Crippen molar-refractivity contribution in [1.29, 1.82) is 0 Å². The maximum absolute atomic E-state index is 12.8. The molecular formula is C23H25NO4. The molecule has 0 saturated carbocycles. The molecule has 1 fully saturated rings. The lowest BCUT2D eigenvalue weighted by atomic mass is 9.94. The first kappa shape index (κ1) is 19.8. The molecule has 0 spiro atoms. The van der Waals surface area contributed by atoms with E-state index in [4.69, 9.17) is 0 Å². The summed E-state index contributed by atoms with van der Waals surface area (Å²) in [5.41, 5.74) is 3.42. The van der Waals surface area contributed by atoms with Crippen molar-refractivity contribution in [2.24, 2.45) is 0 Å². The molecule has 0 aliphatic carbocycles. The molecule has 5 nitrogen and oxygen atoms in total. The van der Waals surface area contributed by atoms with Crippen molar-refractivity contribution < 1.29 is 19.8 Å². The zero-order chi connectivity index (χ0) is 20.4. The molecular weight excluding hydrogens is 354 g/mol. The number of ketones is 1. The molecule has 0 radical (unpaired) electrons. The fourth-order valence-corrected chi connectivity index (χ4v) is 3.50. The largest absolute Gasteiger partial charge is 0.507 e. The van der Waals surface area contributed by atoms with Crippen LogP contribution in [0.25, 0.3) is 5.76 Å². The molecule has 2 aromatic carbocycles. The van der Waals surface area contributed by atoms with Gasteiger partial charge in [-0.05, 0) is 31.4 Å². The molecule has 2 aromatic rings. The predicted molar refractivity (Wildman–Crippen MR) is 108 cm³/mol. The van der Waals surface area contributed by atoms with E-state index < -0.39 is 23.8 Å². The number of β-amino-alcohol motifs (C(OH)–C–C–N with tert-alkyl or cyclic N) is 1. The summed E-state index contributed by atoms with van der Waals surface area (Å²) in [4.78, 5) is 26.8. The van der Waals surface area contributed by atoms with E-state index in [-0.39, 0.29) is 17.9 Å². The molecule has 1 aliphatic heterocycles. The average Bonchev–Trinajstić information content (AvgIpc) is 2.92. The van der Waals surface area contributed by atoms with Gasteiger partial charge in [-0.25, -0.2) is 0 Å². The summed E-state index contributed by atoms with van der Waals surface area (Å²) in [6.07, 6.45) is 0.0763. The van der Waals surface area contributed by atoms with Crippen LogP contribution >= 0.6 is 0 Å². The molecule has 2 atom stereocenters. The van der Waals surface area contributed by atoms with E-state index in [1.807, 2.05) is 50.2 Å². The van der Waals surface area contributed by atoms with Gasteiger partial charge in [-0.3, -0.25) is 9.59 Å². The Bertz CT molecular complexity index is 911. The number of rotatable bonds is 5. The standard InChI is InChI=1S/C23H25NO4/c1-4-16-7-11-17(12-8-16)20-19(21(26)18-9-5-14(2)6-10-18)22(27)23(28)24(20)13-15(3)25/h5-12,15,20,25-26H,4,13H2,1-3H3/b21-19+. The van der Waals surface area contributed by atoms with Crippen molar-refractivity contribution in [1.82, 2.24) is 4.90 Å². The lowest BCUT2D eigenvalue weighted by Gasteiger charge is -2.26. The molecule has 2 N–H and O–H groups in total. The van der Waals surface area contributed by atoms with Crippen molar-refractivity contribution in [2.75, 3.05) is 6.54 Å². The number of benzene rings is 2. The number of Topliss-reactive ketones (excluding diaryl/α,β-unsaturated/α-hetero) is 1. The number of hydrogen-bond acceptors (Lipinski definition) is 4. The highest BCUT2D eigenvalue weighted by molar-refractivity contribution is 6.46. The summed E-state index contributed by atoms with van der Waals surface area (Å²) < 4.78 is 0. The minimum Gasteiger partial charge on any atom is -0.507 e. The van der Waals surface area contributed by atoms with E-state index in [0.29, 0.717) is 5.56 Å². The molecule has 1 heterocycles. The second-order valence-corrected chi connectivity index (χ2v) is 7.26. The number of carbonyl (C=O) groups is 2. The van der Waals surface area contributed by atoms with Crippen LogP contribution < -0.4 is 0 Å². The summed E-state index contributed by atoms with van der Waals surface area (Å²) in [7, 11) is 0. The highest BCUT2D eigenvalue weighted by atomic mass is 16.3. The average molecular weight is 379 g/mol. The van der Waals surface area contributed by atoms with Crippen LogP contribution in [0.2, 0.25) is 0 Å². The van der Waals surface area contributed by atoms with Crippen molar-refractivity contribution in [3.8, 4) is 0 Å². The SMILES string of the molecule is CCc1ccc(C2/C(=C(\O)c3ccc(C)cc3)C(=O)C(=O)N2CC(C)O)cc1. The minimum absolute atomic E-state index is 0.00937. The van der Waals surface area contributed by atoms with Crippen molar-refractivity contribution >= 4 is 17.4 Å². The van der Waals surface area contributed by atoms with Crippen LogP contribution in [-0.2, 0) is 16.0 Å². The van der Waals surface area contributed by atoms with Gasteiger partial charge in [0.2, 0.25) is 0 Å². The fraction of sp³-hybridized carbons (Fsp3) is 0.304. The van der Waals surface area contributed by atoms with E-state index in [0.717, 1.165) is 23.1 Å². The number of likely N-dealkylation sites (tertiary alicyclic amines) is 1. The first-order chi connectivity index (χ1) is 13.3. The number of aliphatic hydroxyl groups excluding tert-OH is 2. The van der Waals surface area contributed by atoms with Gasteiger partial charge in [-0.2, -0.15) is 0 Å². The smallest absolute Gasteiger partial charge is 0.295 e. The quantitative estimate of drug-likeness (QED) is 0.474. The molecule has 1 saturated heterocycles. The first-order valence-electron chi connectivity index (χ1n) is 9.45. The molecule has 146 valence electrons. The van der Waals surface area contributed by atoms with Gasteiger partial charge in [-0.15, -0.1) is 0 Å². The summed E-state index contributed by atoms with van der Waals surface area (Å²) in [6.45, 7) is 5.55. The minimum atomic E-state index is -0.796. The van der Waals surface area contributed by atoms with Gasteiger partial charge in [0.25, 0.3) is 11.7 Å². The van der Waals surface area contributed by atoms with Gasteiger partial charge in [0.1, 0.15) is 5.76 Å². The number of carbonyl (C=O) groups excluding carboxylic acids is 2. The van der Waals surface area contributed by atoms with E-state index >= 15 is 0 Å². The Morgan fingerprint density at radius 2 is 1.68 bits per heavy atom. The van der Waals surface area contributed by atoms with E-state index in [1.54, 1.807) is 19.1 Å². The van der Waals surface area contributed by atoms with E-state index in [1.165, 1.54) is 4.90 Å². The normalized spacial score (nSPS) is 19.9. The summed E-state index contributed by atoms with van der Waals surface area (Å²) in [5.74, 6) is -1.64. The summed E-state index contributed by atoms with van der Waals surface area (Å²) >= 11 is 0. The molecule has 3 rings (SSSR count). The second-order valence-electron chi connectivity index (χ2n) is 7.26. The Balaban J connectivity index is 2.16. The lowest BCUT2D eigenvalue weighted by Crippen LogP contribution is -2.35. The Hall–Kier alpha value is -2.92. The van der Waals surface area contributed by atoms with Crippen LogP contribution in [-0.4, -0.2) is 39.5 Å². The predicted octanol–water partition coefficient (Wildman–Crippen LogP) is 3.36. The van der Waals surface area contributed by atoms with Crippen LogP contribution in [0.3, 0.4) is 0 Å². The lowest BCUT2D eigenvalue weighted by molar-refractivity contribution is -0.140. The maximum Gasteiger partial charge on any atom is 0.295 e. The summed E-state index contributed by atoms with van der Waals surface area (Å²) in [6, 6.07) is 14.0. The van der Waals surface area contributed by atoms with E-state index in [2.05, 4.69) is 0 Å².